The van der Waals surface area contributed by atoms with Crippen molar-refractivity contribution in [3.63, 3.8) is 0 Å². The first-order chi connectivity index (χ1) is 10.1. The number of rotatable bonds is 3. The molecule has 2 nitrogen and oxygen atoms in total. The summed E-state index contributed by atoms with van der Waals surface area (Å²) in [4.78, 5) is 2.27. The van der Waals surface area contributed by atoms with Crippen molar-refractivity contribution >= 4 is 27.3 Å². The van der Waals surface area contributed by atoms with Gasteiger partial charge in [0, 0.05) is 21.4 Å². The molecular formula is C16H16BrFO2S. The summed E-state index contributed by atoms with van der Waals surface area (Å²) in [5.74, 6) is -0.0251. The molecule has 1 aromatic heterocycles. The van der Waals surface area contributed by atoms with E-state index in [2.05, 4.69) is 22.0 Å². The Kier molecular flexibility index (Phi) is 4.33. The lowest BCUT2D eigenvalue weighted by molar-refractivity contribution is 0.218. The molecule has 1 aromatic carbocycles. The van der Waals surface area contributed by atoms with Crippen LogP contribution in [-0.4, -0.2) is 12.2 Å². The van der Waals surface area contributed by atoms with Gasteiger partial charge in [0.1, 0.15) is 17.7 Å². The average Bonchev–Trinajstić information content (AvgIpc) is 2.92. The van der Waals surface area contributed by atoms with Crippen molar-refractivity contribution in [1.82, 2.24) is 0 Å². The first-order valence-corrected chi connectivity index (χ1v) is 8.53. The molecule has 0 fully saturated rings. The van der Waals surface area contributed by atoms with Gasteiger partial charge in [0.05, 0.1) is 11.6 Å². The standard InChI is InChI=1S/C16H16BrFO2S/c1-20-13-8-12(18)11(17)7-10(13)16(19)15-6-9-4-2-3-5-14(9)21-15/h6-8,16,19H,2-5H2,1H3. The molecule has 21 heavy (non-hydrogen) atoms. The van der Waals surface area contributed by atoms with E-state index in [4.69, 9.17) is 4.74 Å². The van der Waals surface area contributed by atoms with Crippen LogP contribution >= 0.6 is 27.3 Å². The number of halogens is 2. The molecule has 1 atom stereocenters. The van der Waals surface area contributed by atoms with Crippen LogP contribution in [0.25, 0.3) is 0 Å². The second-order valence-corrected chi connectivity index (χ2v) is 7.24. The Balaban J connectivity index is 1.99. The summed E-state index contributed by atoms with van der Waals surface area (Å²) in [6.45, 7) is 0. The lowest BCUT2D eigenvalue weighted by atomic mass is 9.98. The van der Waals surface area contributed by atoms with Crippen LogP contribution in [0.2, 0.25) is 0 Å². The largest absolute Gasteiger partial charge is 0.496 e. The number of ether oxygens (including phenoxy) is 1. The molecule has 0 saturated heterocycles. The monoisotopic (exact) mass is 370 g/mol. The second kappa shape index (κ2) is 6.07. The molecule has 0 amide bonds. The molecule has 1 aliphatic carbocycles. The van der Waals surface area contributed by atoms with Gasteiger partial charge in [-0.25, -0.2) is 4.39 Å². The Morgan fingerprint density at radius 1 is 1.29 bits per heavy atom. The van der Waals surface area contributed by atoms with E-state index in [0.29, 0.717) is 15.8 Å². The van der Waals surface area contributed by atoms with Gasteiger partial charge in [0.2, 0.25) is 0 Å². The zero-order chi connectivity index (χ0) is 15.0. The fourth-order valence-electron chi connectivity index (χ4n) is 2.74. The summed E-state index contributed by atoms with van der Waals surface area (Å²) in [6, 6.07) is 4.98. The maximum atomic E-state index is 13.6. The van der Waals surface area contributed by atoms with Crippen molar-refractivity contribution in [1.29, 1.82) is 0 Å². The molecule has 1 heterocycles. The topological polar surface area (TPSA) is 29.5 Å². The number of hydrogen-bond acceptors (Lipinski definition) is 3. The maximum absolute atomic E-state index is 13.6. The van der Waals surface area contributed by atoms with Gasteiger partial charge in [-0.1, -0.05) is 0 Å². The van der Waals surface area contributed by atoms with E-state index < -0.39 is 11.9 Å². The number of aliphatic hydroxyl groups is 1. The van der Waals surface area contributed by atoms with Crippen LogP contribution in [0.3, 0.4) is 0 Å². The molecule has 1 N–H and O–H groups in total. The predicted octanol–water partition coefficient (Wildman–Crippen LogP) is 4.62. The third-order valence-corrected chi connectivity index (χ3v) is 5.75. The van der Waals surface area contributed by atoms with E-state index in [0.717, 1.165) is 17.7 Å². The Morgan fingerprint density at radius 3 is 2.76 bits per heavy atom. The molecule has 0 radical (unpaired) electrons. The minimum Gasteiger partial charge on any atom is -0.496 e. The molecule has 0 saturated carbocycles. The summed E-state index contributed by atoms with van der Waals surface area (Å²) in [6.07, 6.45) is 3.83. The van der Waals surface area contributed by atoms with E-state index in [1.807, 2.05) is 0 Å². The summed E-state index contributed by atoms with van der Waals surface area (Å²) < 4.78 is 19.1. The van der Waals surface area contributed by atoms with Gasteiger partial charge >= 0.3 is 0 Å². The summed E-state index contributed by atoms with van der Waals surface area (Å²) in [5, 5.41) is 10.7. The highest BCUT2D eigenvalue weighted by Gasteiger charge is 2.22. The van der Waals surface area contributed by atoms with Crippen LogP contribution in [0.4, 0.5) is 4.39 Å². The molecule has 1 aliphatic rings. The van der Waals surface area contributed by atoms with Crippen molar-refractivity contribution in [2.24, 2.45) is 0 Å². The minimum atomic E-state index is -0.785. The number of thiophene rings is 1. The number of benzene rings is 1. The van der Waals surface area contributed by atoms with E-state index >= 15 is 0 Å². The van der Waals surface area contributed by atoms with E-state index in [1.165, 1.54) is 36.5 Å². The van der Waals surface area contributed by atoms with Gasteiger partial charge in [-0.05, 0) is 59.3 Å². The molecule has 0 aliphatic heterocycles. The third-order valence-electron chi connectivity index (χ3n) is 3.85. The van der Waals surface area contributed by atoms with Gasteiger partial charge < -0.3 is 9.84 Å². The normalized spacial score (nSPS) is 15.6. The molecule has 2 aromatic rings. The van der Waals surface area contributed by atoms with Gasteiger partial charge in [-0.3, -0.25) is 0 Å². The lowest BCUT2D eigenvalue weighted by Crippen LogP contribution is -2.02. The highest BCUT2D eigenvalue weighted by atomic mass is 79.9. The minimum absolute atomic E-state index is 0.332. The van der Waals surface area contributed by atoms with Crippen LogP contribution in [0.1, 0.15) is 39.8 Å². The zero-order valence-corrected chi connectivity index (χ0v) is 14.1. The van der Waals surface area contributed by atoms with Gasteiger partial charge in [0.15, 0.2) is 0 Å². The van der Waals surface area contributed by atoms with Crippen LogP contribution in [0, 0.1) is 5.82 Å². The number of methoxy groups -OCH3 is 1. The van der Waals surface area contributed by atoms with Crippen LogP contribution in [-0.2, 0) is 12.8 Å². The summed E-state index contributed by atoms with van der Waals surface area (Å²) in [7, 11) is 1.48. The second-order valence-electron chi connectivity index (χ2n) is 5.22. The lowest BCUT2D eigenvalue weighted by Gasteiger charge is -2.14. The van der Waals surface area contributed by atoms with Gasteiger partial charge in [-0.15, -0.1) is 11.3 Å². The first kappa shape index (κ1) is 15.0. The van der Waals surface area contributed by atoms with Crippen molar-refractivity contribution in [2.75, 3.05) is 7.11 Å². The predicted molar refractivity (Wildman–Crippen MR) is 85.7 cm³/mol. The number of hydrogen-bond donors (Lipinski definition) is 1. The molecule has 112 valence electrons. The highest BCUT2D eigenvalue weighted by Crippen LogP contribution is 2.39. The van der Waals surface area contributed by atoms with Crippen molar-refractivity contribution in [3.05, 3.63) is 49.4 Å². The molecule has 5 heteroatoms. The number of aryl methyl sites for hydroxylation is 2. The fraction of sp³-hybridized carbons (Fsp3) is 0.375. The Hall–Kier alpha value is -0.910. The molecular weight excluding hydrogens is 355 g/mol. The van der Waals surface area contributed by atoms with Gasteiger partial charge in [-0.2, -0.15) is 0 Å². The van der Waals surface area contributed by atoms with Crippen molar-refractivity contribution < 1.29 is 14.2 Å². The highest BCUT2D eigenvalue weighted by molar-refractivity contribution is 9.10. The smallest absolute Gasteiger partial charge is 0.141 e. The zero-order valence-electron chi connectivity index (χ0n) is 11.7. The first-order valence-electron chi connectivity index (χ1n) is 6.92. The third kappa shape index (κ3) is 2.87. The maximum Gasteiger partial charge on any atom is 0.141 e. The van der Waals surface area contributed by atoms with Crippen LogP contribution in [0.5, 0.6) is 5.75 Å². The Bertz CT molecular complexity index is 645. The van der Waals surface area contributed by atoms with E-state index in [-0.39, 0.29) is 0 Å². The van der Waals surface area contributed by atoms with Crippen molar-refractivity contribution in [3.8, 4) is 5.75 Å². The molecule has 1 unspecified atom stereocenters. The Morgan fingerprint density at radius 2 is 2.05 bits per heavy atom. The number of aliphatic hydroxyl groups excluding tert-OH is 1. The summed E-state index contributed by atoms with van der Waals surface area (Å²) in [5.41, 5.74) is 1.94. The Labute approximate surface area is 135 Å². The molecule has 0 bridgehead atoms. The SMILES string of the molecule is COc1cc(F)c(Br)cc1C(O)c1cc2c(s1)CCCC2. The fourth-order valence-corrected chi connectivity index (χ4v) is 4.36. The van der Waals surface area contributed by atoms with Crippen molar-refractivity contribution in [2.45, 2.75) is 31.8 Å². The molecule has 3 rings (SSSR count). The van der Waals surface area contributed by atoms with E-state index in [1.54, 1.807) is 17.4 Å². The quantitative estimate of drug-likeness (QED) is 0.853. The van der Waals surface area contributed by atoms with E-state index in [9.17, 15) is 9.50 Å². The van der Waals surface area contributed by atoms with Crippen LogP contribution in [0.15, 0.2) is 22.7 Å². The summed E-state index contributed by atoms with van der Waals surface area (Å²) >= 11 is 4.82. The number of fused-ring (bicyclic) bond motifs is 1. The van der Waals surface area contributed by atoms with Crippen LogP contribution < -0.4 is 4.74 Å². The molecule has 0 spiro atoms. The average molecular weight is 371 g/mol. The van der Waals surface area contributed by atoms with Gasteiger partial charge in [0.25, 0.3) is 0 Å².